The molecule has 0 spiro atoms. The van der Waals surface area contributed by atoms with Gasteiger partial charge in [0, 0.05) is 12.6 Å². The molecule has 0 aromatic carbocycles. The molecule has 0 atom stereocenters. The minimum atomic E-state index is -0.944. The molecule has 0 unspecified atom stereocenters. The predicted octanol–water partition coefficient (Wildman–Crippen LogP) is 0.463. The lowest BCUT2D eigenvalue weighted by Crippen LogP contribution is -2.08. The summed E-state index contributed by atoms with van der Waals surface area (Å²) in [6.45, 7) is 1.96. The normalized spacial score (nSPS) is 10.1. The maximum atomic E-state index is 11.1. The summed E-state index contributed by atoms with van der Waals surface area (Å²) in [7, 11) is 0. The summed E-state index contributed by atoms with van der Waals surface area (Å²) in [5.41, 5.74) is 0.828. The molecule has 0 radical (unpaired) electrons. The lowest BCUT2D eigenvalue weighted by Gasteiger charge is -1.99. The molecule has 0 aliphatic rings. The molecule has 0 saturated carbocycles. The van der Waals surface area contributed by atoms with E-state index >= 15 is 0 Å². The first-order chi connectivity index (χ1) is 7.61. The molecule has 6 heteroatoms. The molecule has 1 N–H and O–H groups in total. The van der Waals surface area contributed by atoms with E-state index < -0.39 is 5.97 Å². The number of nitrogens with zero attached hydrogens (tertiary/aromatic N) is 2. The summed E-state index contributed by atoms with van der Waals surface area (Å²) in [6.07, 6.45) is 3.97. The number of hydrogen-bond acceptors (Lipinski definition) is 4. The highest BCUT2D eigenvalue weighted by molar-refractivity contribution is 5.69. The van der Waals surface area contributed by atoms with Crippen molar-refractivity contribution >= 4 is 11.9 Å². The van der Waals surface area contributed by atoms with E-state index in [0.717, 1.165) is 5.56 Å². The largest absolute Gasteiger partial charge is 0.480 e. The molecule has 0 bridgehead atoms. The summed E-state index contributed by atoms with van der Waals surface area (Å²) >= 11 is 0. The molecule has 1 rings (SSSR count). The number of carboxylic acids is 1. The third-order valence-corrected chi connectivity index (χ3v) is 1.91. The number of rotatable bonds is 6. The number of aromatic nitrogens is 2. The van der Waals surface area contributed by atoms with Gasteiger partial charge in [-0.15, -0.1) is 0 Å². The van der Waals surface area contributed by atoms with Crippen LogP contribution in [-0.4, -0.2) is 33.4 Å². The Morgan fingerprint density at radius 1 is 1.56 bits per heavy atom. The summed E-state index contributed by atoms with van der Waals surface area (Å²) < 4.78 is 6.10. The first-order valence-electron chi connectivity index (χ1n) is 5.00. The minimum absolute atomic E-state index is 0.167. The van der Waals surface area contributed by atoms with Crippen LogP contribution in [-0.2, 0) is 27.3 Å². The third kappa shape index (κ3) is 4.12. The molecule has 0 amide bonds. The van der Waals surface area contributed by atoms with Crippen LogP contribution >= 0.6 is 0 Å². The Morgan fingerprint density at radius 3 is 2.94 bits per heavy atom. The zero-order chi connectivity index (χ0) is 12.0. The van der Waals surface area contributed by atoms with Crippen molar-refractivity contribution in [2.45, 2.75) is 26.3 Å². The summed E-state index contributed by atoms with van der Waals surface area (Å²) in [4.78, 5) is 21.5. The Kier molecular flexibility index (Phi) is 4.50. The molecule has 16 heavy (non-hydrogen) atoms. The van der Waals surface area contributed by atoms with Crippen molar-refractivity contribution in [2.24, 2.45) is 0 Å². The fraction of sp³-hybridized carbons (Fsp3) is 0.500. The monoisotopic (exact) mass is 226 g/mol. The van der Waals surface area contributed by atoms with Gasteiger partial charge in [0.15, 0.2) is 0 Å². The molecule has 1 aromatic heterocycles. The summed E-state index contributed by atoms with van der Waals surface area (Å²) in [5, 5.41) is 12.4. The zero-order valence-electron chi connectivity index (χ0n) is 9.05. The molecule has 88 valence electrons. The van der Waals surface area contributed by atoms with Crippen LogP contribution in [0.15, 0.2) is 12.4 Å². The number of aliphatic carboxylic acids is 1. The standard InChI is InChI=1S/C10H14N2O4/c1-2-16-10(15)4-3-8-5-11-12(6-8)7-9(13)14/h5-6H,2-4,7H2,1H3,(H,13,14). The minimum Gasteiger partial charge on any atom is -0.480 e. The van der Waals surface area contributed by atoms with Gasteiger partial charge in [-0.3, -0.25) is 14.3 Å². The molecule has 0 aliphatic heterocycles. The van der Waals surface area contributed by atoms with Crippen molar-refractivity contribution in [3.05, 3.63) is 18.0 Å². The van der Waals surface area contributed by atoms with Gasteiger partial charge in [0.1, 0.15) is 6.54 Å². The smallest absolute Gasteiger partial charge is 0.325 e. The van der Waals surface area contributed by atoms with Crippen molar-refractivity contribution in [2.75, 3.05) is 6.61 Å². The first-order valence-corrected chi connectivity index (χ1v) is 5.00. The van der Waals surface area contributed by atoms with Gasteiger partial charge in [-0.2, -0.15) is 5.10 Å². The molecule has 1 aromatic rings. The van der Waals surface area contributed by atoms with Crippen LogP contribution in [0.1, 0.15) is 18.9 Å². The SMILES string of the molecule is CCOC(=O)CCc1cnn(CC(=O)O)c1. The van der Waals surface area contributed by atoms with Crippen LogP contribution in [0.5, 0.6) is 0 Å². The lowest BCUT2D eigenvalue weighted by atomic mass is 10.2. The fourth-order valence-electron chi connectivity index (χ4n) is 1.24. The predicted molar refractivity (Wildman–Crippen MR) is 54.8 cm³/mol. The second-order valence-corrected chi connectivity index (χ2v) is 3.24. The quantitative estimate of drug-likeness (QED) is 0.713. The van der Waals surface area contributed by atoms with Gasteiger partial charge in [-0.1, -0.05) is 0 Å². The van der Waals surface area contributed by atoms with Gasteiger partial charge in [0.25, 0.3) is 0 Å². The average molecular weight is 226 g/mol. The first kappa shape index (κ1) is 12.2. The third-order valence-electron chi connectivity index (χ3n) is 1.91. The number of carbonyl (C=O) groups excluding carboxylic acids is 1. The van der Waals surface area contributed by atoms with Crippen molar-refractivity contribution in [3.8, 4) is 0 Å². The van der Waals surface area contributed by atoms with E-state index in [1.807, 2.05) is 0 Å². The highest BCUT2D eigenvalue weighted by atomic mass is 16.5. The maximum Gasteiger partial charge on any atom is 0.325 e. The number of hydrogen-bond donors (Lipinski definition) is 1. The van der Waals surface area contributed by atoms with E-state index in [2.05, 4.69) is 5.10 Å². The van der Waals surface area contributed by atoms with E-state index in [0.29, 0.717) is 13.0 Å². The molecule has 0 aliphatic carbocycles. The average Bonchev–Trinajstić information content (AvgIpc) is 2.62. The number of carbonyl (C=O) groups is 2. The number of carboxylic acid groups (broad SMARTS) is 1. The van der Waals surface area contributed by atoms with Crippen molar-refractivity contribution in [1.29, 1.82) is 0 Å². The number of esters is 1. The second kappa shape index (κ2) is 5.89. The van der Waals surface area contributed by atoms with E-state index in [1.165, 1.54) is 4.68 Å². The highest BCUT2D eigenvalue weighted by Crippen LogP contribution is 2.03. The van der Waals surface area contributed by atoms with E-state index in [1.54, 1.807) is 19.3 Å². The Hall–Kier alpha value is -1.85. The topological polar surface area (TPSA) is 81.4 Å². The van der Waals surface area contributed by atoms with Crippen LogP contribution < -0.4 is 0 Å². The van der Waals surface area contributed by atoms with Crippen LogP contribution in [0.3, 0.4) is 0 Å². The summed E-state index contributed by atoms with van der Waals surface area (Å²) in [5.74, 6) is -1.20. The maximum absolute atomic E-state index is 11.1. The van der Waals surface area contributed by atoms with Crippen molar-refractivity contribution in [1.82, 2.24) is 9.78 Å². The van der Waals surface area contributed by atoms with Gasteiger partial charge in [-0.25, -0.2) is 0 Å². The van der Waals surface area contributed by atoms with Gasteiger partial charge in [0.2, 0.25) is 0 Å². The van der Waals surface area contributed by atoms with Crippen LogP contribution in [0.25, 0.3) is 0 Å². The Balaban J connectivity index is 2.40. The van der Waals surface area contributed by atoms with Crippen LogP contribution in [0, 0.1) is 0 Å². The zero-order valence-corrected chi connectivity index (χ0v) is 9.05. The summed E-state index contributed by atoms with van der Waals surface area (Å²) in [6, 6.07) is 0. The van der Waals surface area contributed by atoms with Gasteiger partial charge < -0.3 is 9.84 Å². The van der Waals surface area contributed by atoms with Gasteiger partial charge >= 0.3 is 11.9 Å². The fourth-order valence-corrected chi connectivity index (χ4v) is 1.24. The van der Waals surface area contributed by atoms with Gasteiger partial charge in [0.05, 0.1) is 12.8 Å². The molecule has 0 saturated heterocycles. The van der Waals surface area contributed by atoms with E-state index in [4.69, 9.17) is 9.84 Å². The second-order valence-electron chi connectivity index (χ2n) is 3.24. The van der Waals surface area contributed by atoms with Crippen LogP contribution in [0.2, 0.25) is 0 Å². The lowest BCUT2D eigenvalue weighted by molar-refractivity contribution is -0.143. The van der Waals surface area contributed by atoms with Crippen LogP contribution in [0.4, 0.5) is 0 Å². The number of aryl methyl sites for hydroxylation is 1. The van der Waals surface area contributed by atoms with E-state index in [-0.39, 0.29) is 18.9 Å². The molecular weight excluding hydrogens is 212 g/mol. The molecule has 6 nitrogen and oxygen atoms in total. The molecule has 0 fully saturated rings. The molecular formula is C10H14N2O4. The van der Waals surface area contributed by atoms with Crippen molar-refractivity contribution in [3.63, 3.8) is 0 Å². The Bertz CT molecular complexity index is 373. The van der Waals surface area contributed by atoms with E-state index in [9.17, 15) is 9.59 Å². The molecule has 1 heterocycles. The number of ether oxygens (including phenoxy) is 1. The Morgan fingerprint density at radius 2 is 2.31 bits per heavy atom. The Labute approximate surface area is 92.8 Å². The highest BCUT2D eigenvalue weighted by Gasteiger charge is 2.06. The van der Waals surface area contributed by atoms with Gasteiger partial charge in [-0.05, 0) is 18.9 Å². The van der Waals surface area contributed by atoms with Crippen molar-refractivity contribution < 1.29 is 19.4 Å².